The van der Waals surface area contributed by atoms with Gasteiger partial charge in [0.25, 0.3) is 5.91 Å². The van der Waals surface area contributed by atoms with Crippen molar-refractivity contribution in [3.8, 4) is 22.5 Å². The lowest BCUT2D eigenvalue weighted by Crippen LogP contribution is -2.45. The molecule has 0 fully saturated rings. The molecule has 0 saturated heterocycles. The zero-order valence-corrected chi connectivity index (χ0v) is 17.9. The molecule has 1 heterocycles. The van der Waals surface area contributed by atoms with E-state index in [4.69, 9.17) is 4.52 Å². The lowest BCUT2D eigenvalue weighted by Gasteiger charge is -2.34. The number of hydrogen-bond acceptors (Lipinski definition) is 4. The summed E-state index contributed by atoms with van der Waals surface area (Å²) in [6, 6.07) is 27.4. The highest BCUT2D eigenvalue weighted by Gasteiger charge is 2.29. The molecule has 5 nitrogen and oxygen atoms in total. The fraction of sp³-hybridized carbons (Fsp3) is 0.192. The van der Waals surface area contributed by atoms with Gasteiger partial charge >= 0.3 is 0 Å². The molecule has 1 aromatic heterocycles. The van der Waals surface area contributed by atoms with Crippen LogP contribution in [-0.2, 0) is 6.54 Å². The van der Waals surface area contributed by atoms with Crippen LogP contribution in [0.1, 0.15) is 37.0 Å². The average Bonchev–Trinajstić information content (AvgIpc) is 3.26. The average molecular weight is 412 g/mol. The largest absolute Gasteiger partial charge is 0.337 e. The molecule has 31 heavy (non-hydrogen) atoms. The number of rotatable bonds is 5. The van der Waals surface area contributed by atoms with Gasteiger partial charge in [0, 0.05) is 16.7 Å². The monoisotopic (exact) mass is 411 g/mol. The molecule has 156 valence electrons. The highest BCUT2D eigenvalue weighted by molar-refractivity contribution is 5.95. The van der Waals surface area contributed by atoms with E-state index in [0.717, 1.165) is 16.7 Å². The summed E-state index contributed by atoms with van der Waals surface area (Å²) in [6.45, 7) is 6.23. The first-order chi connectivity index (χ1) is 14.9. The molecule has 0 saturated carbocycles. The van der Waals surface area contributed by atoms with E-state index in [0.29, 0.717) is 17.3 Å². The lowest BCUT2D eigenvalue weighted by molar-refractivity contribution is 0.0526. The van der Waals surface area contributed by atoms with Gasteiger partial charge in [0.2, 0.25) is 11.7 Å². The second-order valence-electron chi connectivity index (χ2n) is 8.38. The summed E-state index contributed by atoms with van der Waals surface area (Å²) in [5.74, 6) is 0.846. The quantitative estimate of drug-likeness (QED) is 0.414. The van der Waals surface area contributed by atoms with E-state index in [1.807, 2.05) is 93.6 Å². The Morgan fingerprint density at radius 2 is 1.35 bits per heavy atom. The third-order valence-corrected chi connectivity index (χ3v) is 5.09. The number of carbonyl (C=O) groups is 1. The number of aromatic nitrogens is 2. The molecule has 5 heteroatoms. The van der Waals surface area contributed by atoms with E-state index in [2.05, 4.69) is 22.3 Å². The molecule has 4 rings (SSSR count). The maximum Gasteiger partial charge on any atom is 0.254 e. The van der Waals surface area contributed by atoms with Gasteiger partial charge in [0.05, 0.1) is 0 Å². The van der Waals surface area contributed by atoms with Gasteiger partial charge < -0.3 is 9.42 Å². The van der Waals surface area contributed by atoms with Crippen LogP contribution in [-0.4, -0.2) is 26.5 Å². The minimum Gasteiger partial charge on any atom is -0.337 e. The fourth-order valence-corrected chi connectivity index (χ4v) is 3.36. The van der Waals surface area contributed by atoms with E-state index < -0.39 is 5.54 Å². The summed E-state index contributed by atoms with van der Waals surface area (Å²) in [5, 5.41) is 4.07. The summed E-state index contributed by atoms with van der Waals surface area (Å²) in [4.78, 5) is 19.6. The molecule has 0 aliphatic carbocycles. The predicted octanol–water partition coefficient (Wildman–Crippen LogP) is 5.84. The smallest absolute Gasteiger partial charge is 0.254 e. The number of amides is 1. The molecular formula is C26H25N3O2. The number of benzene rings is 3. The molecule has 4 aromatic rings. The van der Waals surface area contributed by atoms with Gasteiger partial charge in [-0.15, -0.1) is 0 Å². The maximum atomic E-state index is 13.4. The van der Waals surface area contributed by atoms with Gasteiger partial charge in [-0.2, -0.15) is 4.98 Å². The molecule has 0 radical (unpaired) electrons. The second-order valence-corrected chi connectivity index (χ2v) is 8.38. The Bertz CT molecular complexity index is 1140. The Morgan fingerprint density at radius 3 is 1.94 bits per heavy atom. The molecule has 3 aromatic carbocycles. The highest BCUT2D eigenvalue weighted by Crippen LogP contribution is 2.24. The molecule has 0 aliphatic rings. The zero-order valence-electron chi connectivity index (χ0n) is 17.9. The van der Waals surface area contributed by atoms with Gasteiger partial charge in [0.1, 0.15) is 6.54 Å². The predicted molar refractivity (Wildman–Crippen MR) is 121 cm³/mol. The minimum absolute atomic E-state index is 0.0772. The van der Waals surface area contributed by atoms with Crippen LogP contribution in [0, 0.1) is 0 Å². The Balaban J connectivity index is 1.56. The summed E-state index contributed by atoms with van der Waals surface area (Å²) < 4.78 is 5.45. The molecule has 0 spiro atoms. The van der Waals surface area contributed by atoms with Crippen molar-refractivity contribution in [2.75, 3.05) is 0 Å². The maximum absolute atomic E-state index is 13.4. The fourth-order valence-electron chi connectivity index (χ4n) is 3.36. The van der Waals surface area contributed by atoms with E-state index in [-0.39, 0.29) is 12.5 Å². The van der Waals surface area contributed by atoms with Crippen molar-refractivity contribution in [2.45, 2.75) is 32.9 Å². The normalized spacial score (nSPS) is 11.3. The van der Waals surface area contributed by atoms with Crippen molar-refractivity contribution in [2.24, 2.45) is 0 Å². The van der Waals surface area contributed by atoms with Crippen LogP contribution in [0.2, 0.25) is 0 Å². The summed E-state index contributed by atoms with van der Waals surface area (Å²) >= 11 is 0. The zero-order chi connectivity index (χ0) is 21.8. The van der Waals surface area contributed by atoms with Crippen LogP contribution in [0.4, 0.5) is 0 Å². The van der Waals surface area contributed by atoms with E-state index in [1.165, 1.54) is 0 Å². The van der Waals surface area contributed by atoms with Crippen LogP contribution in [0.5, 0.6) is 0 Å². The van der Waals surface area contributed by atoms with Crippen molar-refractivity contribution in [1.82, 2.24) is 15.0 Å². The molecule has 0 bridgehead atoms. The number of carbonyl (C=O) groups excluding carboxylic acids is 1. The van der Waals surface area contributed by atoms with E-state index in [1.54, 1.807) is 4.90 Å². The number of nitrogens with zero attached hydrogens (tertiary/aromatic N) is 3. The van der Waals surface area contributed by atoms with Gasteiger partial charge in [-0.25, -0.2) is 0 Å². The van der Waals surface area contributed by atoms with Crippen molar-refractivity contribution < 1.29 is 9.32 Å². The van der Waals surface area contributed by atoms with E-state index in [9.17, 15) is 4.79 Å². The Hall–Kier alpha value is -3.73. The van der Waals surface area contributed by atoms with Crippen LogP contribution in [0.3, 0.4) is 0 Å². The SMILES string of the molecule is CC(C)(C)N(Cc1nc(-c2ccccc2)no1)C(=O)c1ccc(-c2ccccc2)cc1. The molecule has 0 atom stereocenters. The first-order valence-electron chi connectivity index (χ1n) is 10.3. The Labute approximate surface area is 182 Å². The Morgan fingerprint density at radius 1 is 0.806 bits per heavy atom. The van der Waals surface area contributed by atoms with Crippen molar-refractivity contribution >= 4 is 5.91 Å². The van der Waals surface area contributed by atoms with Crippen molar-refractivity contribution in [3.63, 3.8) is 0 Å². The second kappa shape index (κ2) is 8.56. The highest BCUT2D eigenvalue weighted by atomic mass is 16.5. The molecule has 0 unspecified atom stereocenters. The first kappa shape index (κ1) is 20.5. The van der Waals surface area contributed by atoms with Crippen LogP contribution < -0.4 is 0 Å². The van der Waals surface area contributed by atoms with Gasteiger partial charge in [-0.1, -0.05) is 78.0 Å². The van der Waals surface area contributed by atoms with Crippen LogP contribution in [0.15, 0.2) is 89.5 Å². The minimum atomic E-state index is -0.420. The topological polar surface area (TPSA) is 59.2 Å². The molecule has 0 aliphatic heterocycles. The standard InChI is InChI=1S/C26H25N3O2/c1-26(2,3)29(18-23-27-24(28-31-23)21-12-8-5-9-13-21)25(30)22-16-14-20(15-17-22)19-10-6-4-7-11-19/h4-17H,18H2,1-3H3. The summed E-state index contributed by atoms with van der Waals surface area (Å²) in [5.41, 5.74) is 3.27. The lowest BCUT2D eigenvalue weighted by atomic mass is 10.0. The van der Waals surface area contributed by atoms with Crippen LogP contribution >= 0.6 is 0 Å². The van der Waals surface area contributed by atoms with Crippen LogP contribution in [0.25, 0.3) is 22.5 Å². The molecule has 1 amide bonds. The van der Waals surface area contributed by atoms with Crippen molar-refractivity contribution in [3.05, 3.63) is 96.4 Å². The van der Waals surface area contributed by atoms with Gasteiger partial charge in [-0.05, 0) is 44.0 Å². The third-order valence-electron chi connectivity index (χ3n) is 5.09. The van der Waals surface area contributed by atoms with E-state index >= 15 is 0 Å². The number of hydrogen-bond donors (Lipinski definition) is 0. The molecular weight excluding hydrogens is 386 g/mol. The van der Waals surface area contributed by atoms with Gasteiger partial charge in [-0.3, -0.25) is 4.79 Å². The summed E-state index contributed by atoms with van der Waals surface area (Å²) in [7, 11) is 0. The van der Waals surface area contributed by atoms with Gasteiger partial charge in [0.15, 0.2) is 0 Å². The third kappa shape index (κ3) is 4.72. The first-order valence-corrected chi connectivity index (χ1v) is 10.3. The summed E-state index contributed by atoms with van der Waals surface area (Å²) in [6.07, 6.45) is 0. The molecule has 0 N–H and O–H groups in total. The Kier molecular flexibility index (Phi) is 5.67. The van der Waals surface area contributed by atoms with Crippen molar-refractivity contribution in [1.29, 1.82) is 0 Å².